The zero-order valence-electron chi connectivity index (χ0n) is 15.1. The molecular formula is C20H19N3O4. The molecule has 1 aliphatic rings. The number of benzene rings is 2. The third-order valence-corrected chi connectivity index (χ3v) is 4.32. The van der Waals surface area contributed by atoms with E-state index in [0.29, 0.717) is 29.7 Å². The van der Waals surface area contributed by atoms with E-state index in [0.717, 1.165) is 11.3 Å². The zero-order chi connectivity index (χ0) is 18.8. The van der Waals surface area contributed by atoms with Crippen LogP contribution >= 0.6 is 0 Å². The molecule has 4 rings (SSSR count). The smallest absolute Gasteiger partial charge is 0.267 e. The normalized spacial score (nSPS) is 14.4. The first kappa shape index (κ1) is 17.1. The van der Waals surface area contributed by atoms with Gasteiger partial charge in [-0.1, -0.05) is 23.4 Å². The van der Waals surface area contributed by atoms with Crippen molar-refractivity contribution in [3.05, 3.63) is 54.4 Å². The molecule has 3 aromatic rings. The van der Waals surface area contributed by atoms with Crippen molar-refractivity contribution in [2.45, 2.75) is 20.0 Å². The maximum absolute atomic E-state index is 12.0. The molecule has 1 amide bonds. The molecule has 0 spiro atoms. The zero-order valence-corrected chi connectivity index (χ0v) is 15.1. The van der Waals surface area contributed by atoms with Gasteiger partial charge in [0.25, 0.3) is 11.8 Å². The van der Waals surface area contributed by atoms with Gasteiger partial charge in [-0.15, -0.1) is 0 Å². The minimum absolute atomic E-state index is 0.0564. The Balaban J connectivity index is 1.58. The number of hydrogen-bond donors (Lipinski definition) is 0. The number of carbonyl (C=O) groups is 1. The predicted molar refractivity (Wildman–Crippen MR) is 98.7 cm³/mol. The number of fused-ring (bicyclic) bond motifs is 1. The molecule has 138 valence electrons. The molecule has 7 nitrogen and oxygen atoms in total. The van der Waals surface area contributed by atoms with E-state index in [-0.39, 0.29) is 18.6 Å². The number of nitrogens with zero attached hydrogens (tertiary/aromatic N) is 3. The Kier molecular flexibility index (Phi) is 4.50. The second-order valence-corrected chi connectivity index (χ2v) is 6.14. The Bertz CT molecular complexity index is 955. The summed E-state index contributed by atoms with van der Waals surface area (Å²) in [6.07, 6.45) is -0.386. The maximum Gasteiger partial charge on any atom is 0.267 e. The summed E-state index contributed by atoms with van der Waals surface area (Å²) in [5.74, 6) is 2.15. The van der Waals surface area contributed by atoms with Crippen molar-refractivity contribution in [2.24, 2.45) is 0 Å². The van der Waals surface area contributed by atoms with Gasteiger partial charge in [0.2, 0.25) is 5.82 Å². The van der Waals surface area contributed by atoms with E-state index in [9.17, 15) is 4.79 Å². The molecule has 1 atom stereocenters. The van der Waals surface area contributed by atoms with Crippen LogP contribution in [0.5, 0.6) is 11.5 Å². The lowest BCUT2D eigenvalue weighted by Crippen LogP contribution is -2.38. The molecular weight excluding hydrogens is 346 g/mol. The van der Waals surface area contributed by atoms with Gasteiger partial charge in [-0.25, -0.2) is 0 Å². The number of hydrogen-bond acceptors (Lipinski definition) is 6. The van der Waals surface area contributed by atoms with Crippen LogP contribution in [-0.2, 0) is 4.79 Å². The summed E-state index contributed by atoms with van der Waals surface area (Å²) in [6.45, 7) is 4.40. The molecule has 2 aromatic carbocycles. The van der Waals surface area contributed by atoms with Crippen molar-refractivity contribution in [3.63, 3.8) is 0 Å². The molecule has 0 fully saturated rings. The summed E-state index contributed by atoms with van der Waals surface area (Å²) < 4.78 is 16.7. The summed E-state index contributed by atoms with van der Waals surface area (Å²) in [5.41, 5.74) is 1.46. The van der Waals surface area contributed by atoms with E-state index in [1.54, 1.807) is 4.90 Å². The van der Waals surface area contributed by atoms with Gasteiger partial charge in [-0.2, -0.15) is 4.98 Å². The molecule has 0 saturated heterocycles. The molecule has 0 N–H and O–H groups in total. The number of ether oxygens (including phenoxy) is 2. The van der Waals surface area contributed by atoms with Crippen molar-refractivity contribution < 1.29 is 18.8 Å². The fourth-order valence-electron chi connectivity index (χ4n) is 2.96. The Morgan fingerprint density at radius 2 is 2.04 bits per heavy atom. The quantitative estimate of drug-likeness (QED) is 0.687. The van der Waals surface area contributed by atoms with Gasteiger partial charge in [0.1, 0.15) is 11.5 Å². The second-order valence-electron chi connectivity index (χ2n) is 6.14. The molecule has 0 saturated carbocycles. The summed E-state index contributed by atoms with van der Waals surface area (Å²) >= 11 is 0. The molecule has 0 bridgehead atoms. The number of anilines is 1. The highest BCUT2D eigenvalue weighted by atomic mass is 16.5. The number of amides is 1. The number of aromatic nitrogens is 2. The third-order valence-electron chi connectivity index (χ3n) is 4.32. The van der Waals surface area contributed by atoms with Crippen LogP contribution in [-0.4, -0.2) is 29.2 Å². The first-order valence-corrected chi connectivity index (χ1v) is 8.78. The van der Waals surface area contributed by atoms with Crippen LogP contribution in [0.4, 0.5) is 5.69 Å². The van der Waals surface area contributed by atoms with Crippen LogP contribution in [0.15, 0.2) is 53.1 Å². The van der Waals surface area contributed by atoms with Crippen LogP contribution in [0.2, 0.25) is 0 Å². The fourth-order valence-corrected chi connectivity index (χ4v) is 2.96. The number of para-hydroxylation sites is 1. The molecule has 7 heteroatoms. The van der Waals surface area contributed by atoms with Crippen molar-refractivity contribution >= 4 is 11.6 Å². The van der Waals surface area contributed by atoms with Crippen molar-refractivity contribution in [1.29, 1.82) is 0 Å². The van der Waals surface area contributed by atoms with Gasteiger partial charge in [0.15, 0.2) is 12.7 Å². The summed E-state index contributed by atoms with van der Waals surface area (Å²) in [7, 11) is 0. The molecule has 2 heterocycles. The van der Waals surface area contributed by atoms with Gasteiger partial charge in [-0.05, 0) is 44.2 Å². The number of likely N-dealkylation sites (N-methyl/N-ethyl adjacent to an activating group) is 1. The van der Waals surface area contributed by atoms with E-state index in [4.69, 9.17) is 14.0 Å². The lowest BCUT2D eigenvalue weighted by atomic mass is 10.1. The summed E-state index contributed by atoms with van der Waals surface area (Å²) in [5, 5.41) is 4.06. The van der Waals surface area contributed by atoms with E-state index in [2.05, 4.69) is 10.1 Å². The molecule has 0 unspecified atom stereocenters. The van der Waals surface area contributed by atoms with Gasteiger partial charge in [-0.3, -0.25) is 4.79 Å². The van der Waals surface area contributed by atoms with Crippen LogP contribution in [0.1, 0.15) is 25.8 Å². The van der Waals surface area contributed by atoms with E-state index in [1.165, 1.54) is 0 Å². The SMILES string of the molecule is CCN1C(=O)COc2ccc(-c3noc([C@@H](C)Oc4ccccc4)n3)cc21. The average Bonchev–Trinajstić information content (AvgIpc) is 3.19. The molecule has 1 aliphatic heterocycles. The molecule has 1 aromatic heterocycles. The van der Waals surface area contributed by atoms with Crippen molar-refractivity contribution in [1.82, 2.24) is 10.1 Å². The second kappa shape index (κ2) is 7.11. The Hall–Kier alpha value is -3.35. The highest BCUT2D eigenvalue weighted by Gasteiger charge is 2.25. The first-order chi connectivity index (χ1) is 13.2. The highest BCUT2D eigenvalue weighted by molar-refractivity contribution is 5.98. The lowest BCUT2D eigenvalue weighted by Gasteiger charge is -2.28. The molecule has 0 radical (unpaired) electrons. The Morgan fingerprint density at radius 3 is 2.81 bits per heavy atom. The maximum atomic E-state index is 12.0. The van der Waals surface area contributed by atoms with E-state index < -0.39 is 0 Å². The minimum atomic E-state index is -0.386. The summed E-state index contributed by atoms with van der Waals surface area (Å²) in [4.78, 5) is 18.2. The third kappa shape index (κ3) is 3.36. The average molecular weight is 365 g/mol. The predicted octanol–water partition coefficient (Wildman–Crippen LogP) is 3.62. The number of carbonyl (C=O) groups excluding carboxylic acids is 1. The molecule has 27 heavy (non-hydrogen) atoms. The highest BCUT2D eigenvalue weighted by Crippen LogP contribution is 2.35. The van der Waals surface area contributed by atoms with Gasteiger partial charge in [0.05, 0.1) is 5.69 Å². The van der Waals surface area contributed by atoms with E-state index >= 15 is 0 Å². The molecule has 0 aliphatic carbocycles. The van der Waals surface area contributed by atoms with Gasteiger partial charge in [0, 0.05) is 12.1 Å². The van der Waals surface area contributed by atoms with Crippen LogP contribution in [0.25, 0.3) is 11.4 Å². The van der Waals surface area contributed by atoms with Crippen LogP contribution in [0.3, 0.4) is 0 Å². The van der Waals surface area contributed by atoms with Crippen LogP contribution in [0, 0.1) is 0 Å². The van der Waals surface area contributed by atoms with Crippen molar-refractivity contribution in [3.8, 4) is 22.9 Å². The fraction of sp³-hybridized carbons (Fsp3) is 0.250. The van der Waals surface area contributed by atoms with E-state index in [1.807, 2.05) is 62.4 Å². The largest absolute Gasteiger partial charge is 0.482 e. The van der Waals surface area contributed by atoms with Crippen molar-refractivity contribution in [2.75, 3.05) is 18.1 Å². The summed E-state index contributed by atoms with van der Waals surface area (Å²) in [6, 6.07) is 15.0. The Labute approximate surface area is 156 Å². The first-order valence-electron chi connectivity index (χ1n) is 8.78. The van der Waals surface area contributed by atoms with Gasteiger partial charge >= 0.3 is 0 Å². The number of rotatable bonds is 5. The minimum Gasteiger partial charge on any atom is -0.482 e. The topological polar surface area (TPSA) is 77.7 Å². The van der Waals surface area contributed by atoms with Crippen LogP contribution < -0.4 is 14.4 Å². The lowest BCUT2D eigenvalue weighted by molar-refractivity contribution is -0.121. The Morgan fingerprint density at radius 1 is 1.22 bits per heavy atom. The van der Waals surface area contributed by atoms with Gasteiger partial charge < -0.3 is 18.9 Å². The standard InChI is InChI=1S/C20H19N3O4/c1-3-23-16-11-14(9-10-17(16)25-12-18(23)24)19-21-20(27-22-19)13(2)26-15-7-5-4-6-8-15/h4-11,13H,3,12H2,1-2H3/t13-/m1/s1. The monoisotopic (exact) mass is 365 g/mol.